The topological polar surface area (TPSA) is 131 Å². The van der Waals surface area contributed by atoms with E-state index in [1.807, 2.05) is 12.1 Å². The first-order valence-corrected chi connectivity index (χ1v) is 12.8. The van der Waals surface area contributed by atoms with Gasteiger partial charge >= 0.3 is 12.0 Å². The van der Waals surface area contributed by atoms with Crippen LogP contribution in [0.4, 0.5) is 28.1 Å². The fourth-order valence-electron chi connectivity index (χ4n) is 4.34. The van der Waals surface area contributed by atoms with Crippen molar-refractivity contribution in [2.75, 3.05) is 73.6 Å². The number of carbonyl (C=O) groups is 2. The summed E-state index contributed by atoms with van der Waals surface area (Å²) >= 11 is 0. The number of hydrogen-bond acceptors (Lipinski definition) is 10. The maximum Gasteiger partial charge on any atom is 0.337 e. The van der Waals surface area contributed by atoms with Gasteiger partial charge in [-0.1, -0.05) is 0 Å². The zero-order chi connectivity index (χ0) is 27.2. The number of nitrogens with zero attached hydrogens (tertiary/aromatic N) is 5. The first-order valence-electron chi connectivity index (χ1n) is 12.8. The number of urea groups is 1. The largest absolute Gasteiger partial charge is 0.465 e. The molecule has 2 N–H and O–H groups in total. The van der Waals surface area contributed by atoms with Gasteiger partial charge in [-0.05, 0) is 55.5 Å². The highest BCUT2D eigenvalue weighted by molar-refractivity contribution is 6.00. The molecule has 3 aromatic rings. The van der Waals surface area contributed by atoms with Gasteiger partial charge in [0.2, 0.25) is 11.9 Å². The third-order valence-electron chi connectivity index (χ3n) is 6.50. The molecule has 204 valence electrons. The van der Waals surface area contributed by atoms with Crippen LogP contribution >= 0.6 is 0 Å². The van der Waals surface area contributed by atoms with Crippen LogP contribution in [0, 0.1) is 0 Å². The van der Waals surface area contributed by atoms with Crippen LogP contribution in [0.15, 0.2) is 48.5 Å². The third kappa shape index (κ3) is 6.41. The molecule has 5 rings (SSSR count). The molecule has 2 saturated heterocycles. The number of methoxy groups -OCH3 is 1. The average molecular weight is 534 g/mol. The van der Waals surface area contributed by atoms with Crippen LogP contribution < -0.4 is 20.4 Å². The second-order valence-corrected chi connectivity index (χ2v) is 9.20. The van der Waals surface area contributed by atoms with E-state index in [0.717, 1.165) is 5.56 Å². The molecule has 2 amide bonds. The number of morpholine rings is 2. The summed E-state index contributed by atoms with van der Waals surface area (Å²) in [5, 5.41) is 5.56. The average Bonchev–Trinajstić information content (AvgIpc) is 2.98. The number of anilines is 4. The number of benzene rings is 2. The first-order chi connectivity index (χ1) is 19.0. The van der Waals surface area contributed by atoms with Crippen LogP contribution in [0.25, 0.3) is 11.4 Å². The maximum absolute atomic E-state index is 12.5. The summed E-state index contributed by atoms with van der Waals surface area (Å²) in [4.78, 5) is 42.7. The van der Waals surface area contributed by atoms with Crippen molar-refractivity contribution in [1.29, 1.82) is 0 Å². The van der Waals surface area contributed by atoms with Crippen molar-refractivity contribution < 1.29 is 23.8 Å². The summed E-state index contributed by atoms with van der Waals surface area (Å²) in [5.41, 5.74) is 2.35. The molecule has 3 heterocycles. The van der Waals surface area contributed by atoms with Crippen molar-refractivity contribution >= 4 is 35.3 Å². The lowest BCUT2D eigenvalue weighted by molar-refractivity contribution is 0.0600. The van der Waals surface area contributed by atoms with Gasteiger partial charge in [-0.2, -0.15) is 15.0 Å². The van der Waals surface area contributed by atoms with Crippen molar-refractivity contribution in [2.24, 2.45) is 0 Å². The monoisotopic (exact) mass is 533 g/mol. The van der Waals surface area contributed by atoms with E-state index in [2.05, 4.69) is 27.4 Å². The van der Waals surface area contributed by atoms with Crippen LogP contribution in [0.2, 0.25) is 0 Å². The maximum atomic E-state index is 12.5. The highest BCUT2D eigenvalue weighted by atomic mass is 16.5. The molecule has 0 radical (unpaired) electrons. The summed E-state index contributed by atoms with van der Waals surface area (Å²) in [6.07, 6.45) is 0. The Bertz CT molecular complexity index is 1300. The van der Waals surface area contributed by atoms with E-state index in [1.54, 1.807) is 36.4 Å². The Balaban J connectivity index is 1.31. The number of nitrogens with one attached hydrogen (secondary N) is 2. The van der Waals surface area contributed by atoms with Gasteiger partial charge in [0, 0.05) is 36.6 Å². The molecule has 2 fully saturated rings. The van der Waals surface area contributed by atoms with Crippen LogP contribution in [0.3, 0.4) is 0 Å². The van der Waals surface area contributed by atoms with Crippen molar-refractivity contribution in [2.45, 2.75) is 13.0 Å². The van der Waals surface area contributed by atoms with E-state index in [4.69, 9.17) is 29.2 Å². The van der Waals surface area contributed by atoms with Crippen LogP contribution in [0.5, 0.6) is 0 Å². The summed E-state index contributed by atoms with van der Waals surface area (Å²) in [6, 6.07) is 13.5. The molecule has 12 heteroatoms. The highest BCUT2D eigenvalue weighted by Gasteiger charge is 2.25. The fourth-order valence-corrected chi connectivity index (χ4v) is 4.34. The predicted octanol–water partition coefficient (Wildman–Crippen LogP) is 3.03. The highest BCUT2D eigenvalue weighted by Crippen LogP contribution is 2.25. The summed E-state index contributed by atoms with van der Waals surface area (Å²) in [7, 11) is 1.32. The smallest absolute Gasteiger partial charge is 0.337 e. The number of aromatic nitrogens is 3. The molecule has 0 bridgehead atoms. The Morgan fingerprint density at radius 3 is 2.10 bits per heavy atom. The SMILES string of the molecule is COC(=O)c1ccc(NC(=O)Nc2ccc(-c3nc(N4CCOCC4)nc(N4CCOC[C@@H]4C)n3)cc2)cc1. The predicted molar refractivity (Wildman–Crippen MR) is 146 cm³/mol. The molecular weight excluding hydrogens is 502 g/mol. The van der Waals surface area contributed by atoms with E-state index >= 15 is 0 Å². The molecule has 2 aliphatic heterocycles. The molecule has 0 aliphatic carbocycles. The van der Waals surface area contributed by atoms with Crippen molar-refractivity contribution in [3.63, 3.8) is 0 Å². The number of rotatable bonds is 6. The second kappa shape index (κ2) is 12.0. The molecule has 1 atom stereocenters. The Morgan fingerprint density at radius 2 is 1.46 bits per heavy atom. The molecule has 2 aromatic carbocycles. The summed E-state index contributed by atoms with van der Waals surface area (Å²) in [6.45, 7) is 6.72. The number of esters is 1. The molecule has 0 saturated carbocycles. The van der Waals surface area contributed by atoms with Crippen LogP contribution in [-0.4, -0.2) is 86.2 Å². The van der Waals surface area contributed by atoms with Crippen molar-refractivity contribution in [3.8, 4) is 11.4 Å². The molecule has 0 unspecified atom stereocenters. The van der Waals surface area contributed by atoms with Gasteiger partial charge in [-0.3, -0.25) is 0 Å². The third-order valence-corrected chi connectivity index (χ3v) is 6.50. The molecular formula is C27H31N7O5. The second-order valence-electron chi connectivity index (χ2n) is 9.20. The van der Waals surface area contributed by atoms with Crippen LogP contribution in [-0.2, 0) is 14.2 Å². The van der Waals surface area contributed by atoms with Crippen molar-refractivity contribution in [3.05, 3.63) is 54.1 Å². The summed E-state index contributed by atoms with van der Waals surface area (Å²) < 4.78 is 15.8. The Labute approximate surface area is 226 Å². The zero-order valence-corrected chi connectivity index (χ0v) is 21.9. The number of ether oxygens (including phenoxy) is 3. The molecule has 0 spiro atoms. The van der Waals surface area contributed by atoms with Gasteiger partial charge in [-0.25, -0.2) is 9.59 Å². The lowest BCUT2D eigenvalue weighted by atomic mass is 10.2. The number of carbonyl (C=O) groups excluding carboxylic acids is 2. The summed E-state index contributed by atoms with van der Waals surface area (Å²) in [5.74, 6) is 1.36. The van der Waals surface area contributed by atoms with E-state index in [0.29, 0.717) is 80.7 Å². The van der Waals surface area contributed by atoms with E-state index in [1.165, 1.54) is 7.11 Å². The normalized spacial score (nSPS) is 17.4. The van der Waals surface area contributed by atoms with E-state index in [-0.39, 0.29) is 6.04 Å². The standard InChI is InChI=1S/C27H31N7O5/c1-18-17-39-16-13-34(18)26-31-23(30-25(32-26)33-11-14-38-15-12-33)19-3-7-21(8-4-19)28-27(36)29-22-9-5-20(6-10-22)24(35)37-2/h3-10,18H,11-17H2,1-2H3,(H2,28,29,36)/t18-/m0/s1. The van der Waals surface area contributed by atoms with Gasteiger partial charge in [0.05, 0.1) is 45.1 Å². The lowest BCUT2D eigenvalue weighted by Crippen LogP contribution is -2.45. The van der Waals surface area contributed by atoms with E-state index in [9.17, 15) is 9.59 Å². The Hall–Kier alpha value is -4.29. The minimum Gasteiger partial charge on any atom is -0.465 e. The number of hydrogen-bond donors (Lipinski definition) is 2. The minimum absolute atomic E-state index is 0.147. The lowest BCUT2D eigenvalue weighted by Gasteiger charge is -2.34. The molecule has 1 aromatic heterocycles. The van der Waals surface area contributed by atoms with Crippen molar-refractivity contribution in [1.82, 2.24) is 15.0 Å². The molecule has 2 aliphatic rings. The quantitative estimate of drug-likeness (QED) is 0.456. The van der Waals surface area contributed by atoms with Crippen LogP contribution in [0.1, 0.15) is 17.3 Å². The molecule has 39 heavy (non-hydrogen) atoms. The molecule has 12 nitrogen and oxygen atoms in total. The Kier molecular flexibility index (Phi) is 8.13. The zero-order valence-electron chi connectivity index (χ0n) is 21.9. The van der Waals surface area contributed by atoms with Gasteiger partial charge < -0.3 is 34.6 Å². The van der Waals surface area contributed by atoms with Gasteiger partial charge in [0.15, 0.2) is 5.82 Å². The fraction of sp³-hybridized carbons (Fsp3) is 0.370. The van der Waals surface area contributed by atoms with E-state index < -0.39 is 12.0 Å². The minimum atomic E-state index is -0.437. The van der Waals surface area contributed by atoms with Gasteiger partial charge in [-0.15, -0.1) is 0 Å². The first kappa shape index (κ1) is 26.3. The van der Waals surface area contributed by atoms with Gasteiger partial charge in [0.25, 0.3) is 0 Å². The number of amides is 2. The van der Waals surface area contributed by atoms with Gasteiger partial charge in [0.1, 0.15) is 0 Å². The Morgan fingerprint density at radius 1 is 0.846 bits per heavy atom.